The second-order valence-electron chi connectivity index (χ2n) is 9.12. The Balaban J connectivity index is 1.64. The highest BCUT2D eigenvalue weighted by Crippen LogP contribution is 2.16. The number of carbonyl (C=O) groups is 1. The summed E-state index contributed by atoms with van der Waals surface area (Å²) in [4.78, 5) is 12.1. The lowest BCUT2D eigenvalue weighted by molar-refractivity contribution is 0.0497. The standard InChI is InChI=1S/C31H44O4/c1-2-3-4-5-6-7-9-12-25-34-30-22-18-28(19-23-30)15-14-27-16-20-29(21-17-27)31(33)35-26-13-10-8-11-24-32/h14-23,32H,2-13,24-26H2,1H3/b15-14+. The summed E-state index contributed by atoms with van der Waals surface area (Å²) in [6.07, 6.45) is 18.1. The van der Waals surface area contributed by atoms with Gasteiger partial charge in [0.2, 0.25) is 0 Å². The van der Waals surface area contributed by atoms with Gasteiger partial charge in [0.1, 0.15) is 5.75 Å². The van der Waals surface area contributed by atoms with E-state index in [0.29, 0.717) is 12.2 Å². The minimum Gasteiger partial charge on any atom is -0.494 e. The second-order valence-corrected chi connectivity index (χ2v) is 9.12. The molecule has 0 fully saturated rings. The van der Waals surface area contributed by atoms with E-state index < -0.39 is 0 Å². The van der Waals surface area contributed by atoms with E-state index in [2.05, 4.69) is 25.1 Å². The molecule has 2 aromatic carbocycles. The molecule has 2 rings (SSSR count). The van der Waals surface area contributed by atoms with E-state index in [9.17, 15) is 4.79 Å². The topological polar surface area (TPSA) is 55.8 Å². The average molecular weight is 481 g/mol. The van der Waals surface area contributed by atoms with Gasteiger partial charge in [-0.1, -0.05) is 94.7 Å². The van der Waals surface area contributed by atoms with Crippen molar-refractivity contribution < 1.29 is 19.4 Å². The molecule has 0 heterocycles. The van der Waals surface area contributed by atoms with Gasteiger partial charge in [-0.05, 0) is 61.1 Å². The fraction of sp³-hybridized carbons (Fsp3) is 0.516. The Morgan fingerprint density at radius 2 is 1.20 bits per heavy atom. The Morgan fingerprint density at radius 3 is 1.80 bits per heavy atom. The van der Waals surface area contributed by atoms with E-state index in [-0.39, 0.29) is 12.6 Å². The molecule has 0 saturated heterocycles. The van der Waals surface area contributed by atoms with Gasteiger partial charge in [-0.3, -0.25) is 0 Å². The fourth-order valence-electron chi connectivity index (χ4n) is 3.84. The van der Waals surface area contributed by atoms with Crippen LogP contribution < -0.4 is 4.74 Å². The Labute approximate surface area is 212 Å². The molecule has 0 bridgehead atoms. The van der Waals surface area contributed by atoms with Crippen LogP contribution in [-0.4, -0.2) is 30.9 Å². The van der Waals surface area contributed by atoms with E-state index >= 15 is 0 Å². The van der Waals surface area contributed by atoms with Crippen LogP contribution in [0.4, 0.5) is 0 Å². The van der Waals surface area contributed by atoms with Gasteiger partial charge in [-0.25, -0.2) is 4.79 Å². The maximum atomic E-state index is 12.1. The van der Waals surface area contributed by atoms with Crippen molar-refractivity contribution in [2.75, 3.05) is 19.8 Å². The number of hydrogen-bond acceptors (Lipinski definition) is 4. The first kappa shape index (κ1) is 28.6. The molecule has 0 unspecified atom stereocenters. The normalized spacial score (nSPS) is 11.1. The summed E-state index contributed by atoms with van der Waals surface area (Å²) in [6.45, 7) is 3.68. The number of carbonyl (C=O) groups excluding carboxylic acids is 1. The number of hydrogen-bond donors (Lipinski definition) is 1. The highest BCUT2D eigenvalue weighted by Gasteiger charge is 2.06. The van der Waals surface area contributed by atoms with Crippen LogP contribution in [0.25, 0.3) is 12.2 Å². The number of benzene rings is 2. The molecule has 0 amide bonds. The van der Waals surface area contributed by atoms with E-state index in [0.717, 1.165) is 55.6 Å². The average Bonchev–Trinajstić information content (AvgIpc) is 2.89. The van der Waals surface area contributed by atoms with Gasteiger partial charge < -0.3 is 14.6 Å². The summed E-state index contributed by atoms with van der Waals surface area (Å²) in [5, 5.41) is 8.77. The van der Waals surface area contributed by atoms with E-state index in [1.807, 2.05) is 30.3 Å². The number of ether oxygens (including phenoxy) is 2. The van der Waals surface area contributed by atoms with E-state index in [4.69, 9.17) is 14.6 Å². The van der Waals surface area contributed by atoms with Crippen LogP contribution in [0, 0.1) is 0 Å². The SMILES string of the molecule is CCCCCCCCCCOc1ccc(/C=C/c2ccc(C(=O)OCCCCCCO)cc2)cc1. The lowest BCUT2D eigenvalue weighted by Gasteiger charge is -2.06. The van der Waals surface area contributed by atoms with Crippen molar-refractivity contribution in [3.8, 4) is 5.75 Å². The van der Waals surface area contributed by atoms with Crippen molar-refractivity contribution in [2.45, 2.75) is 84.0 Å². The lowest BCUT2D eigenvalue weighted by Crippen LogP contribution is -2.06. The third kappa shape index (κ3) is 13.2. The van der Waals surface area contributed by atoms with Crippen LogP contribution in [0.1, 0.15) is 105 Å². The molecule has 35 heavy (non-hydrogen) atoms. The van der Waals surface area contributed by atoms with Crippen molar-refractivity contribution in [3.63, 3.8) is 0 Å². The summed E-state index contributed by atoms with van der Waals surface area (Å²) in [6, 6.07) is 15.6. The number of rotatable bonds is 19. The molecule has 0 aliphatic carbocycles. The number of aliphatic hydroxyl groups is 1. The molecule has 2 aromatic rings. The number of esters is 1. The van der Waals surface area contributed by atoms with Crippen LogP contribution in [0.5, 0.6) is 5.75 Å². The summed E-state index contributed by atoms with van der Waals surface area (Å²) in [5.74, 6) is 0.631. The van der Waals surface area contributed by atoms with Gasteiger partial charge in [0, 0.05) is 6.61 Å². The molecule has 0 atom stereocenters. The van der Waals surface area contributed by atoms with Gasteiger partial charge in [-0.2, -0.15) is 0 Å². The minimum absolute atomic E-state index is 0.222. The molecule has 0 aliphatic heterocycles. The number of unbranched alkanes of at least 4 members (excludes halogenated alkanes) is 10. The molecule has 0 spiro atoms. The van der Waals surface area contributed by atoms with E-state index in [1.54, 1.807) is 12.1 Å². The fourth-order valence-corrected chi connectivity index (χ4v) is 3.84. The zero-order valence-electron chi connectivity index (χ0n) is 21.6. The van der Waals surface area contributed by atoms with Crippen molar-refractivity contribution in [2.24, 2.45) is 0 Å². The smallest absolute Gasteiger partial charge is 0.338 e. The van der Waals surface area contributed by atoms with Gasteiger partial charge in [-0.15, -0.1) is 0 Å². The molecular formula is C31H44O4. The highest BCUT2D eigenvalue weighted by atomic mass is 16.5. The monoisotopic (exact) mass is 480 g/mol. The van der Waals surface area contributed by atoms with Crippen LogP contribution >= 0.6 is 0 Å². The quantitative estimate of drug-likeness (QED) is 0.125. The van der Waals surface area contributed by atoms with Crippen molar-refractivity contribution in [1.82, 2.24) is 0 Å². The maximum Gasteiger partial charge on any atom is 0.338 e. The third-order valence-electron chi connectivity index (χ3n) is 6.05. The predicted molar refractivity (Wildman–Crippen MR) is 146 cm³/mol. The molecule has 1 N–H and O–H groups in total. The Kier molecular flexibility index (Phi) is 15.3. The molecule has 4 nitrogen and oxygen atoms in total. The van der Waals surface area contributed by atoms with Gasteiger partial charge >= 0.3 is 5.97 Å². The zero-order valence-corrected chi connectivity index (χ0v) is 21.6. The summed E-state index contributed by atoms with van der Waals surface area (Å²) in [5.41, 5.74) is 2.70. The second kappa shape index (κ2) is 18.7. The Morgan fingerprint density at radius 1 is 0.686 bits per heavy atom. The molecule has 0 aromatic heterocycles. The molecule has 192 valence electrons. The third-order valence-corrected chi connectivity index (χ3v) is 6.05. The van der Waals surface area contributed by atoms with Crippen LogP contribution in [0.2, 0.25) is 0 Å². The van der Waals surface area contributed by atoms with Gasteiger partial charge in [0.25, 0.3) is 0 Å². The van der Waals surface area contributed by atoms with Crippen LogP contribution in [0.15, 0.2) is 48.5 Å². The Bertz CT molecular complexity index is 824. The summed E-state index contributed by atoms with van der Waals surface area (Å²) >= 11 is 0. The first-order chi connectivity index (χ1) is 17.2. The maximum absolute atomic E-state index is 12.1. The van der Waals surface area contributed by atoms with Crippen molar-refractivity contribution in [1.29, 1.82) is 0 Å². The largest absolute Gasteiger partial charge is 0.494 e. The van der Waals surface area contributed by atoms with Crippen molar-refractivity contribution in [3.05, 3.63) is 65.2 Å². The summed E-state index contributed by atoms with van der Waals surface area (Å²) < 4.78 is 11.2. The predicted octanol–water partition coefficient (Wildman–Crippen LogP) is 8.09. The van der Waals surface area contributed by atoms with E-state index in [1.165, 1.54) is 44.9 Å². The minimum atomic E-state index is -0.287. The molecule has 4 heteroatoms. The zero-order chi connectivity index (χ0) is 25.0. The van der Waals surface area contributed by atoms with Crippen molar-refractivity contribution >= 4 is 18.1 Å². The van der Waals surface area contributed by atoms with Gasteiger partial charge in [0.05, 0.1) is 18.8 Å². The molecular weight excluding hydrogens is 436 g/mol. The molecule has 0 aliphatic rings. The molecule has 0 saturated carbocycles. The lowest BCUT2D eigenvalue weighted by atomic mass is 10.1. The number of aliphatic hydroxyl groups excluding tert-OH is 1. The summed E-state index contributed by atoms with van der Waals surface area (Å²) in [7, 11) is 0. The first-order valence-electron chi connectivity index (χ1n) is 13.5. The first-order valence-corrected chi connectivity index (χ1v) is 13.5. The van der Waals surface area contributed by atoms with Crippen LogP contribution in [-0.2, 0) is 4.74 Å². The van der Waals surface area contributed by atoms with Gasteiger partial charge in [0.15, 0.2) is 0 Å². The van der Waals surface area contributed by atoms with Crippen LogP contribution in [0.3, 0.4) is 0 Å². The highest BCUT2D eigenvalue weighted by molar-refractivity contribution is 5.89. The molecule has 0 radical (unpaired) electrons. The Hall–Kier alpha value is -2.59.